The Morgan fingerprint density at radius 2 is 1.41 bits per heavy atom. The van der Waals surface area contributed by atoms with Crippen LogP contribution in [0, 0.1) is 0 Å². The summed E-state index contributed by atoms with van der Waals surface area (Å²) in [7, 11) is -9.83. The van der Waals surface area contributed by atoms with Gasteiger partial charge in [-0.1, -0.05) is 35.4 Å². The fourth-order valence-corrected chi connectivity index (χ4v) is 4.88. The van der Waals surface area contributed by atoms with Gasteiger partial charge in [-0.2, -0.15) is 0 Å². The summed E-state index contributed by atoms with van der Waals surface area (Å²) in [5, 5.41) is 10.2. The number of allylic oxidation sites excluding steroid dienone is 3. The number of hydrogen-bond acceptors (Lipinski definition) is 9. The van der Waals surface area contributed by atoms with Crippen molar-refractivity contribution in [3.05, 3.63) is 53.1 Å². The minimum atomic E-state index is -4.91. The highest BCUT2D eigenvalue weighted by Gasteiger charge is 2.42. The fourth-order valence-electron chi connectivity index (χ4n) is 2.56. The van der Waals surface area contributed by atoms with Crippen LogP contribution in [0.15, 0.2) is 47.6 Å². The van der Waals surface area contributed by atoms with E-state index in [0.717, 1.165) is 11.1 Å². The summed E-state index contributed by atoms with van der Waals surface area (Å²) in [4.78, 5) is 47.7. The van der Waals surface area contributed by atoms with Gasteiger partial charge in [-0.15, -0.1) is 0 Å². The van der Waals surface area contributed by atoms with Crippen LogP contribution >= 0.6 is 15.2 Å². The number of aromatic carboxylic acids is 1. The van der Waals surface area contributed by atoms with Gasteiger partial charge in [0.1, 0.15) is 0 Å². The van der Waals surface area contributed by atoms with Gasteiger partial charge in [0.15, 0.2) is 5.40 Å². The number of benzene rings is 1. The molecule has 0 bridgehead atoms. The van der Waals surface area contributed by atoms with Crippen molar-refractivity contribution in [2.24, 2.45) is 0 Å². The van der Waals surface area contributed by atoms with E-state index in [4.69, 9.17) is 24.7 Å². The lowest BCUT2D eigenvalue weighted by Gasteiger charge is -2.18. The van der Waals surface area contributed by atoms with Gasteiger partial charge in [0.2, 0.25) is 0 Å². The van der Waals surface area contributed by atoms with E-state index in [-0.39, 0.29) is 36.3 Å². The maximum atomic E-state index is 11.3. The molecule has 21 N–H and O–H groups in total. The van der Waals surface area contributed by atoms with Crippen molar-refractivity contribution >= 4 is 26.8 Å². The standard InChI is InChI=1S/C18H27NO8P2.5H3N/c1-13(10-11-17(28(22,23)24)29(25,26)27)6-5-7-14(2)12-19-16-9-4-3-8-15(16)18(20)21;;;;;/h3-4,7-10,17,19H,5-6,11-12H2,1-2H3,(H,20,21)(H2,22,23,24)(H2,25,26,27);5*1H3/b13-10+,14-7+;;;;;. The fraction of sp³-hybridized carbons (Fsp3) is 0.389. The molecule has 0 heterocycles. The Labute approximate surface area is 200 Å². The van der Waals surface area contributed by atoms with Crippen LogP contribution in [0.2, 0.25) is 0 Å². The van der Waals surface area contributed by atoms with E-state index in [0.29, 0.717) is 25.1 Å². The first-order valence-corrected chi connectivity index (χ1v) is 12.2. The Morgan fingerprint density at radius 1 is 0.912 bits per heavy atom. The van der Waals surface area contributed by atoms with Crippen molar-refractivity contribution in [3.63, 3.8) is 0 Å². The summed E-state index contributed by atoms with van der Waals surface area (Å²) in [6, 6.07) is 6.59. The number of para-hydroxylation sites is 1. The minimum Gasteiger partial charge on any atom is -0.478 e. The highest BCUT2D eigenvalue weighted by atomic mass is 31.2. The van der Waals surface area contributed by atoms with Crippen LogP contribution in [-0.4, -0.2) is 42.6 Å². The molecule has 1 aromatic carbocycles. The zero-order valence-corrected chi connectivity index (χ0v) is 21.5. The number of carbonyl (C=O) groups is 1. The molecular formula is C18H42N6O8P2. The average Bonchev–Trinajstić information content (AvgIpc) is 2.57. The summed E-state index contributed by atoms with van der Waals surface area (Å²) < 4.78 is 22.5. The number of nitrogens with one attached hydrogen (secondary N) is 1. The van der Waals surface area contributed by atoms with Crippen LogP contribution in [0.25, 0.3) is 0 Å². The van der Waals surface area contributed by atoms with Crippen molar-refractivity contribution in [2.45, 2.75) is 38.5 Å². The molecule has 202 valence electrons. The van der Waals surface area contributed by atoms with Crippen molar-refractivity contribution in [3.8, 4) is 0 Å². The monoisotopic (exact) mass is 532 g/mol. The van der Waals surface area contributed by atoms with Gasteiger partial charge in [-0.25, -0.2) is 4.79 Å². The number of hydrogen-bond donors (Lipinski definition) is 11. The maximum Gasteiger partial charge on any atom is 0.341 e. The van der Waals surface area contributed by atoms with E-state index in [9.17, 15) is 13.9 Å². The molecule has 0 aliphatic heterocycles. The number of carboxylic acid groups (broad SMARTS) is 1. The van der Waals surface area contributed by atoms with Gasteiger partial charge in [-0.05, 0) is 45.2 Å². The molecule has 0 radical (unpaired) electrons. The van der Waals surface area contributed by atoms with Crippen molar-refractivity contribution in [1.29, 1.82) is 0 Å². The Bertz CT molecular complexity index is 863. The van der Waals surface area contributed by atoms with Crippen LogP contribution in [0.3, 0.4) is 0 Å². The third-order valence-electron chi connectivity index (χ3n) is 4.20. The van der Waals surface area contributed by atoms with Crippen LogP contribution in [-0.2, 0) is 9.13 Å². The molecule has 0 aromatic heterocycles. The van der Waals surface area contributed by atoms with Crippen LogP contribution in [0.1, 0.15) is 43.5 Å². The average molecular weight is 533 g/mol. The number of carboxylic acids is 1. The molecule has 0 saturated heterocycles. The predicted octanol–water partition coefficient (Wildman–Crippen LogP) is 4.35. The molecule has 1 rings (SSSR count). The van der Waals surface area contributed by atoms with E-state index in [2.05, 4.69) is 5.32 Å². The lowest BCUT2D eigenvalue weighted by atomic mass is 10.1. The van der Waals surface area contributed by atoms with Gasteiger partial charge >= 0.3 is 21.2 Å². The second kappa shape index (κ2) is 18.4. The Morgan fingerprint density at radius 3 is 1.88 bits per heavy atom. The Hall–Kier alpha value is -1.93. The molecule has 0 spiro atoms. The quantitative estimate of drug-likeness (QED) is 0.139. The molecule has 0 aliphatic carbocycles. The smallest absolute Gasteiger partial charge is 0.341 e. The van der Waals surface area contributed by atoms with Crippen LogP contribution in [0.4, 0.5) is 5.69 Å². The molecular weight excluding hydrogens is 490 g/mol. The van der Waals surface area contributed by atoms with Gasteiger partial charge in [0.25, 0.3) is 0 Å². The van der Waals surface area contributed by atoms with E-state index < -0.39 is 33.0 Å². The molecule has 0 unspecified atom stereocenters. The molecule has 0 saturated carbocycles. The van der Waals surface area contributed by atoms with E-state index >= 15 is 0 Å². The maximum absolute atomic E-state index is 11.3. The summed E-state index contributed by atoms with van der Waals surface area (Å²) >= 11 is 0. The third-order valence-corrected chi connectivity index (χ3v) is 7.98. The Kier molecular flexibility index (Phi) is 22.9. The second-order valence-corrected chi connectivity index (χ2v) is 10.7. The molecule has 0 amide bonds. The summed E-state index contributed by atoms with van der Waals surface area (Å²) in [5.74, 6) is -1.01. The first-order valence-electron chi connectivity index (χ1n) is 8.80. The first-order chi connectivity index (χ1) is 13.3. The van der Waals surface area contributed by atoms with E-state index in [1.54, 1.807) is 25.1 Å². The predicted molar refractivity (Wildman–Crippen MR) is 136 cm³/mol. The summed E-state index contributed by atoms with van der Waals surface area (Å²) in [6.07, 6.45) is 4.14. The Balaban J connectivity index is -0.000000561. The number of anilines is 1. The highest BCUT2D eigenvalue weighted by molar-refractivity contribution is 7.70. The van der Waals surface area contributed by atoms with Crippen molar-refractivity contribution in [1.82, 2.24) is 30.8 Å². The topological polar surface area (TPSA) is 339 Å². The second-order valence-electron chi connectivity index (χ2n) is 6.74. The number of rotatable bonds is 11. The van der Waals surface area contributed by atoms with Crippen molar-refractivity contribution in [2.75, 3.05) is 11.9 Å². The SMILES string of the molecule is C/C(=C\CC(P(=O)(O)O)P(=O)(O)O)CC/C=C(\C)CNc1ccccc1C(=O)O.N.N.N.N.N. The molecule has 16 heteroatoms. The summed E-state index contributed by atoms with van der Waals surface area (Å²) in [6.45, 7) is 4.06. The van der Waals surface area contributed by atoms with Gasteiger partial charge < -0.3 is 60.7 Å². The van der Waals surface area contributed by atoms with E-state index in [1.807, 2.05) is 13.0 Å². The molecule has 34 heavy (non-hydrogen) atoms. The van der Waals surface area contributed by atoms with Gasteiger partial charge in [-0.3, -0.25) is 9.13 Å². The lowest BCUT2D eigenvalue weighted by Crippen LogP contribution is -2.08. The third kappa shape index (κ3) is 15.1. The normalized spacial score (nSPS) is 11.6. The molecule has 14 nitrogen and oxygen atoms in total. The van der Waals surface area contributed by atoms with Crippen LogP contribution in [0.5, 0.6) is 0 Å². The summed E-state index contributed by atoms with van der Waals surface area (Å²) in [5.41, 5.74) is 2.43. The van der Waals surface area contributed by atoms with Crippen LogP contribution < -0.4 is 36.1 Å². The molecule has 0 fully saturated rings. The zero-order chi connectivity index (χ0) is 22.2. The first kappa shape index (κ1) is 42.2. The zero-order valence-electron chi connectivity index (χ0n) is 19.8. The lowest BCUT2D eigenvalue weighted by molar-refractivity contribution is 0.0697. The highest BCUT2D eigenvalue weighted by Crippen LogP contribution is 2.61. The molecule has 0 atom stereocenters. The van der Waals surface area contributed by atoms with E-state index in [1.165, 1.54) is 12.1 Å². The molecule has 1 aromatic rings. The van der Waals surface area contributed by atoms with Crippen molar-refractivity contribution < 1.29 is 38.6 Å². The largest absolute Gasteiger partial charge is 0.478 e. The van der Waals surface area contributed by atoms with Gasteiger partial charge in [0.05, 0.1) is 5.56 Å². The minimum absolute atomic E-state index is 0. The molecule has 0 aliphatic rings. The van der Waals surface area contributed by atoms with Gasteiger partial charge in [0, 0.05) is 12.2 Å².